The highest BCUT2D eigenvalue weighted by atomic mass is 15.1. The van der Waals surface area contributed by atoms with Crippen LogP contribution in [0.5, 0.6) is 0 Å². The lowest BCUT2D eigenvalue weighted by molar-refractivity contribution is 1.02. The number of fused-ring (bicyclic) bond motifs is 5. The Balaban J connectivity index is 1.51. The zero-order chi connectivity index (χ0) is 22.5. The summed E-state index contributed by atoms with van der Waals surface area (Å²) in [5.74, 6) is 0. The Hall–Kier alpha value is -4.04. The first-order valence-corrected chi connectivity index (χ1v) is 11.4. The zero-order valence-electron chi connectivity index (χ0n) is 19.2. The first-order chi connectivity index (χ1) is 16.1. The molecular formula is C31H26N2. The minimum Gasteiger partial charge on any atom is -0.378 e. The molecular weight excluding hydrogens is 400 g/mol. The maximum Gasteiger partial charge on any atom is 0.0568 e. The molecule has 1 heterocycles. The fraction of sp³-hybridized carbons (Fsp3) is 0.0968. The minimum absolute atomic E-state index is 1.21. The Bertz CT molecular complexity index is 1650. The van der Waals surface area contributed by atoms with Crippen molar-refractivity contribution in [2.75, 3.05) is 19.0 Å². The molecule has 0 spiro atoms. The monoisotopic (exact) mass is 426 g/mol. The van der Waals surface area contributed by atoms with Gasteiger partial charge in [-0.15, -0.1) is 0 Å². The summed E-state index contributed by atoms with van der Waals surface area (Å²) in [5.41, 5.74) is 8.73. The van der Waals surface area contributed by atoms with E-state index in [0.29, 0.717) is 0 Å². The molecule has 6 aromatic rings. The Morgan fingerprint density at radius 1 is 0.545 bits per heavy atom. The Kier molecular flexibility index (Phi) is 4.48. The van der Waals surface area contributed by atoms with Crippen molar-refractivity contribution >= 4 is 38.3 Å². The first-order valence-electron chi connectivity index (χ1n) is 11.4. The Morgan fingerprint density at radius 2 is 1.24 bits per heavy atom. The van der Waals surface area contributed by atoms with Crippen molar-refractivity contribution in [2.45, 2.75) is 0 Å². The van der Waals surface area contributed by atoms with E-state index < -0.39 is 0 Å². The van der Waals surface area contributed by atoms with Gasteiger partial charge in [-0.3, -0.25) is 0 Å². The molecule has 0 aliphatic carbocycles. The molecule has 2 heteroatoms. The molecule has 0 saturated carbocycles. The molecule has 0 aliphatic heterocycles. The molecule has 2 nitrogen and oxygen atoms in total. The lowest BCUT2D eigenvalue weighted by atomic mass is 9.97. The van der Waals surface area contributed by atoms with E-state index in [1.54, 1.807) is 0 Å². The predicted octanol–water partition coefficient (Wildman–Crippen LogP) is 7.88. The number of hydrogen-bond donors (Lipinski definition) is 0. The third kappa shape index (κ3) is 3.18. The number of rotatable bonds is 3. The van der Waals surface area contributed by atoms with Crippen LogP contribution in [0.25, 0.3) is 54.8 Å². The number of nitrogens with zero attached hydrogens (tertiary/aromatic N) is 2. The van der Waals surface area contributed by atoms with Gasteiger partial charge in [0.05, 0.1) is 5.52 Å². The second kappa shape index (κ2) is 7.53. The SMILES string of the molecule is CN(C)c1cccc(-c2cccc(-c3ccc4c(c3)c3ccc5ccccc5c3n4C)c2)c1. The average Bonchev–Trinajstić information content (AvgIpc) is 3.16. The lowest BCUT2D eigenvalue weighted by Gasteiger charge is -2.14. The van der Waals surface area contributed by atoms with Crippen LogP contribution in [0.4, 0.5) is 5.69 Å². The maximum atomic E-state index is 2.35. The van der Waals surface area contributed by atoms with Gasteiger partial charge in [-0.05, 0) is 58.0 Å². The molecule has 0 N–H and O–H groups in total. The van der Waals surface area contributed by atoms with Crippen LogP contribution in [0.2, 0.25) is 0 Å². The van der Waals surface area contributed by atoms with Crippen LogP contribution >= 0.6 is 0 Å². The van der Waals surface area contributed by atoms with Crippen molar-refractivity contribution in [3.8, 4) is 22.3 Å². The summed E-state index contributed by atoms with van der Waals surface area (Å²) in [6.45, 7) is 0. The van der Waals surface area contributed by atoms with Crippen LogP contribution in [0.15, 0.2) is 103 Å². The summed E-state index contributed by atoms with van der Waals surface area (Å²) < 4.78 is 2.33. The number of anilines is 1. The topological polar surface area (TPSA) is 8.17 Å². The van der Waals surface area contributed by atoms with Crippen LogP contribution in [0, 0.1) is 0 Å². The molecule has 0 unspecified atom stereocenters. The number of aryl methyl sites for hydroxylation is 1. The molecule has 5 aromatic carbocycles. The van der Waals surface area contributed by atoms with E-state index in [9.17, 15) is 0 Å². The summed E-state index contributed by atoms with van der Waals surface area (Å²) in [4.78, 5) is 2.14. The number of aromatic nitrogens is 1. The molecule has 6 rings (SSSR count). The van der Waals surface area contributed by atoms with Gasteiger partial charge in [0.15, 0.2) is 0 Å². The minimum atomic E-state index is 1.21. The molecule has 0 aliphatic rings. The van der Waals surface area contributed by atoms with E-state index in [0.717, 1.165) is 0 Å². The second-order valence-corrected chi connectivity index (χ2v) is 9.00. The van der Waals surface area contributed by atoms with Gasteiger partial charge in [-0.1, -0.05) is 72.8 Å². The normalized spacial score (nSPS) is 11.5. The van der Waals surface area contributed by atoms with Crippen LogP contribution in [-0.4, -0.2) is 18.7 Å². The Labute approximate surface area is 194 Å². The van der Waals surface area contributed by atoms with E-state index >= 15 is 0 Å². The van der Waals surface area contributed by atoms with Crippen molar-refractivity contribution in [1.29, 1.82) is 0 Å². The molecule has 0 atom stereocenters. The van der Waals surface area contributed by atoms with Crippen molar-refractivity contribution in [3.63, 3.8) is 0 Å². The zero-order valence-corrected chi connectivity index (χ0v) is 19.2. The third-order valence-electron chi connectivity index (χ3n) is 6.78. The summed E-state index contributed by atoms with van der Waals surface area (Å²) in [6, 6.07) is 37.6. The third-order valence-corrected chi connectivity index (χ3v) is 6.78. The molecule has 160 valence electrons. The predicted molar refractivity (Wildman–Crippen MR) is 143 cm³/mol. The second-order valence-electron chi connectivity index (χ2n) is 9.00. The highest BCUT2D eigenvalue weighted by Crippen LogP contribution is 2.36. The van der Waals surface area contributed by atoms with Crippen LogP contribution in [0.3, 0.4) is 0 Å². The molecule has 0 radical (unpaired) electrons. The highest BCUT2D eigenvalue weighted by Gasteiger charge is 2.12. The first kappa shape index (κ1) is 19.6. The van der Waals surface area contributed by atoms with E-state index in [1.807, 2.05) is 0 Å². The average molecular weight is 427 g/mol. The summed E-state index contributed by atoms with van der Waals surface area (Å²) >= 11 is 0. The molecule has 1 aromatic heterocycles. The van der Waals surface area contributed by atoms with Gasteiger partial charge in [0.2, 0.25) is 0 Å². The van der Waals surface area contributed by atoms with Crippen LogP contribution in [0.1, 0.15) is 0 Å². The standard InChI is InChI=1S/C31H26N2/c1-32(2)26-12-7-11-24(19-26)22-9-6-10-23(18-22)25-15-17-30-29(20-25)28-16-14-21-8-4-5-13-27(21)31(28)33(30)3/h4-20H,1-3H3. The molecule has 0 amide bonds. The molecule has 0 bridgehead atoms. The van der Waals surface area contributed by atoms with Crippen molar-refractivity contribution in [1.82, 2.24) is 4.57 Å². The highest BCUT2D eigenvalue weighted by molar-refractivity contribution is 6.18. The number of hydrogen-bond acceptors (Lipinski definition) is 1. The van der Waals surface area contributed by atoms with Gasteiger partial charge in [-0.25, -0.2) is 0 Å². The van der Waals surface area contributed by atoms with Crippen molar-refractivity contribution in [3.05, 3.63) is 103 Å². The fourth-order valence-electron chi connectivity index (χ4n) is 5.02. The van der Waals surface area contributed by atoms with E-state index in [-0.39, 0.29) is 0 Å². The summed E-state index contributed by atoms with van der Waals surface area (Å²) in [5, 5.41) is 5.19. The van der Waals surface area contributed by atoms with Crippen molar-refractivity contribution in [2.24, 2.45) is 7.05 Å². The fourth-order valence-corrected chi connectivity index (χ4v) is 5.02. The van der Waals surface area contributed by atoms with E-state index in [2.05, 4.69) is 134 Å². The van der Waals surface area contributed by atoms with Crippen LogP contribution < -0.4 is 4.90 Å². The quantitative estimate of drug-likeness (QED) is 0.279. The van der Waals surface area contributed by atoms with Crippen molar-refractivity contribution < 1.29 is 0 Å². The van der Waals surface area contributed by atoms with Crippen LogP contribution in [-0.2, 0) is 7.05 Å². The van der Waals surface area contributed by atoms with Gasteiger partial charge in [0, 0.05) is 48.5 Å². The molecule has 0 saturated heterocycles. The summed E-state index contributed by atoms with van der Waals surface area (Å²) in [6.07, 6.45) is 0. The van der Waals surface area contributed by atoms with Gasteiger partial charge in [0.1, 0.15) is 0 Å². The maximum absolute atomic E-state index is 2.35. The number of benzene rings is 5. The van der Waals surface area contributed by atoms with E-state index in [1.165, 1.54) is 60.5 Å². The largest absolute Gasteiger partial charge is 0.378 e. The summed E-state index contributed by atoms with van der Waals surface area (Å²) in [7, 11) is 6.34. The van der Waals surface area contributed by atoms with Gasteiger partial charge >= 0.3 is 0 Å². The lowest BCUT2D eigenvalue weighted by Crippen LogP contribution is -2.08. The van der Waals surface area contributed by atoms with E-state index in [4.69, 9.17) is 0 Å². The smallest absolute Gasteiger partial charge is 0.0568 e. The van der Waals surface area contributed by atoms with Gasteiger partial charge < -0.3 is 9.47 Å². The van der Waals surface area contributed by atoms with Gasteiger partial charge in [0.25, 0.3) is 0 Å². The van der Waals surface area contributed by atoms with Gasteiger partial charge in [-0.2, -0.15) is 0 Å². The molecule has 33 heavy (non-hydrogen) atoms. The Morgan fingerprint density at radius 3 is 2.03 bits per heavy atom. The molecule has 0 fully saturated rings.